The molecule has 1 amide bonds. The molecule has 30 heavy (non-hydrogen) atoms. The monoisotopic (exact) mass is 446 g/mol. The maximum Gasteiger partial charge on any atom is 0.263 e. The van der Waals surface area contributed by atoms with Gasteiger partial charge < -0.3 is 19.0 Å². The Labute approximate surface area is 184 Å². The number of rotatable bonds is 5. The number of piperazine rings is 1. The first kappa shape index (κ1) is 20.5. The first-order valence-corrected chi connectivity index (χ1v) is 10.3. The Kier molecular flexibility index (Phi) is 6.11. The fraction of sp³-hybridized carbons (Fsp3) is 0.286. The summed E-state index contributed by atoms with van der Waals surface area (Å²) in [6, 6.07) is 12.4. The van der Waals surface area contributed by atoms with Crippen molar-refractivity contribution in [3.05, 3.63) is 58.8 Å². The Hall–Kier alpha value is -2.77. The second-order valence-corrected chi connectivity index (χ2v) is 7.74. The number of halogens is 2. The maximum absolute atomic E-state index is 12.8. The van der Waals surface area contributed by atoms with E-state index >= 15 is 0 Å². The summed E-state index contributed by atoms with van der Waals surface area (Å²) in [5, 5.41) is 9.43. The van der Waals surface area contributed by atoms with E-state index in [9.17, 15) is 4.79 Å². The van der Waals surface area contributed by atoms with Gasteiger partial charge in [0.15, 0.2) is 17.7 Å². The first-order chi connectivity index (χ1) is 14.5. The molecule has 1 atom stereocenters. The summed E-state index contributed by atoms with van der Waals surface area (Å²) >= 11 is 12.0. The highest BCUT2D eigenvalue weighted by atomic mass is 35.5. The molecule has 0 bridgehead atoms. The molecule has 9 heteroatoms. The molecule has 1 saturated heterocycles. The third-order valence-electron chi connectivity index (χ3n) is 4.88. The molecule has 0 N–H and O–H groups in total. The number of nitrogens with zero attached hydrogens (tertiary/aromatic N) is 4. The van der Waals surface area contributed by atoms with E-state index in [4.69, 9.17) is 32.4 Å². The van der Waals surface area contributed by atoms with Gasteiger partial charge in [-0.05, 0) is 49.4 Å². The molecule has 1 aromatic carbocycles. The van der Waals surface area contributed by atoms with Gasteiger partial charge in [0.2, 0.25) is 0 Å². The topological polar surface area (TPSA) is 71.7 Å². The van der Waals surface area contributed by atoms with Crippen LogP contribution in [0.4, 0.5) is 5.82 Å². The number of carbonyl (C=O) groups excluding carboxylic acids is 1. The molecule has 0 saturated carbocycles. The number of aromatic nitrogens is 2. The van der Waals surface area contributed by atoms with Gasteiger partial charge in [-0.1, -0.05) is 23.2 Å². The van der Waals surface area contributed by atoms with Crippen molar-refractivity contribution in [3.63, 3.8) is 0 Å². The Bertz CT molecular complexity index is 1000. The lowest BCUT2D eigenvalue weighted by atomic mass is 10.2. The van der Waals surface area contributed by atoms with Crippen LogP contribution in [-0.4, -0.2) is 53.3 Å². The van der Waals surface area contributed by atoms with Gasteiger partial charge in [0, 0.05) is 31.2 Å². The van der Waals surface area contributed by atoms with Gasteiger partial charge >= 0.3 is 0 Å². The molecular weight excluding hydrogens is 427 g/mol. The van der Waals surface area contributed by atoms with E-state index in [0.29, 0.717) is 53.4 Å². The Morgan fingerprint density at radius 2 is 1.90 bits per heavy atom. The van der Waals surface area contributed by atoms with Gasteiger partial charge in [0.1, 0.15) is 11.4 Å². The number of ether oxygens (including phenoxy) is 1. The number of carbonyl (C=O) groups is 1. The second kappa shape index (κ2) is 8.93. The second-order valence-electron chi connectivity index (χ2n) is 6.90. The molecule has 1 unspecified atom stereocenters. The van der Waals surface area contributed by atoms with E-state index in [2.05, 4.69) is 15.1 Å². The summed E-state index contributed by atoms with van der Waals surface area (Å²) in [4.78, 5) is 16.7. The Morgan fingerprint density at radius 3 is 2.53 bits per heavy atom. The molecule has 0 spiro atoms. The average Bonchev–Trinajstić information content (AvgIpc) is 3.30. The summed E-state index contributed by atoms with van der Waals surface area (Å²) in [6.07, 6.45) is 0.954. The molecular formula is C21H20Cl2N4O3. The molecule has 7 nitrogen and oxygen atoms in total. The highest BCUT2D eigenvalue weighted by Gasteiger charge is 2.27. The van der Waals surface area contributed by atoms with Crippen LogP contribution in [0.1, 0.15) is 6.92 Å². The molecule has 1 aliphatic rings. The van der Waals surface area contributed by atoms with E-state index in [1.165, 1.54) is 0 Å². The zero-order chi connectivity index (χ0) is 21.1. The van der Waals surface area contributed by atoms with Crippen molar-refractivity contribution in [3.8, 4) is 17.2 Å². The molecule has 3 aromatic rings. The van der Waals surface area contributed by atoms with Gasteiger partial charge in [-0.25, -0.2) is 0 Å². The van der Waals surface area contributed by atoms with E-state index in [1.807, 2.05) is 24.3 Å². The normalized spacial score (nSPS) is 15.2. The fourth-order valence-corrected chi connectivity index (χ4v) is 3.73. The molecule has 1 fully saturated rings. The highest BCUT2D eigenvalue weighted by molar-refractivity contribution is 6.35. The number of benzene rings is 1. The van der Waals surface area contributed by atoms with Crippen LogP contribution in [-0.2, 0) is 4.79 Å². The van der Waals surface area contributed by atoms with E-state index in [1.54, 1.807) is 36.3 Å². The van der Waals surface area contributed by atoms with Gasteiger partial charge in [0.05, 0.1) is 11.3 Å². The summed E-state index contributed by atoms with van der Waals surface area (Å²) < 4.78 is 11.1. The molecule has 0 aliphatic carbocycles. The first-order valence-electron chi connectivity index (χ1n) is 9.54. The molecule has 1 aliphatic heterocycles. The molecule has 156 valence electrons. The van der Waals surface area contributed by atoms with Crippen LogP contribution in [0.5, 0.6) is 5.75 Å². The van der Waals surface area contributed by atoms with Crippen molar-refractivity contribution in [1.29, 1.82) is 0 Å². The number of anilines is 1. The number of hydrogen-bond acceptors (Lipinski definition) is 6. The largest absolute Gasteiger partial charge is 0.479 e. The van der Waals surface area contributed by atoms with Crippen molar-refractivity contribution < 1.29 is 13.9 Å². The van der Waals surface area contributed by atoms with Crippen LogP contribution in [0.3, 0.4) is 0 Å². The molecule has 4 rings (SSSR count). The van der Waals surface area contributed by atoms with Crippen molar-refractivity contribution in [1.82, 2.24) is 15.1 Å². The van der Waals surface area contributed by atoms with Crippen LogP contribution in [0.15, 0.2) is 53.1 Å². The van der Waals surface area contributed by atoms with Crippen molar-refractivity contribution in [2.24, 2.45) is 0 Å². The third-order valence-corrected chi connectivity index (χ3v) is 5.42. The summed E-state index contributed by atoms with van der Waals surface area (Å²) in [6.45, 7) is 4.19. The lowest BCUT2D eigenvalue weighted by molar-refractivity contribution is -0.138. The van der Waals surface area contributed by atoms with E-state index < -0.39 is 6.10 Å². The Balaban J connectivity index is 1.33. The summed E-state index contributed by atoms with van der Waals surface area (Å²) in [7, 11) is 0. The number of hydrogen-bond donors (Lipinski definition) is 0. The fourth-order valence-electron chi connectivity index (χ4n) is 3.27. The van der Waals surface area contributed by atoms with Crippen LogP contribution >= 0.6 is 23.2 Å². The maximum atomic E-state index is 12.8. The molecule has 2 aromatic heterocycles. The predicted octanol–water partition coefficient (Wildman–Crippen LogP) is 4.16. The molecule has 0 radical (unpaired) electrons. The molecule has 3 heterocycles. The van der Waals surface area contributed by atoms with Crippen molar-refractivity contribution in [2.45, 2.75) is 13.0 Å². The van der Waals surface area contributed by atoms with Crippen LogP contribution in [0.25, 0.3) is 11.5 Å². The van der Waals surface area contributed by atoms with Gasteiger partial charge in [0.25, 0.3) is 5.91 Å². The van der Waals surface area contributed by atoms with Gasteiger partial charge in [-0.15, -0.1) is 10.2 Å². The van der Waals surface area contributed by atoms with E-state index in [-0.39, 0.29) is 5.91 Å². The van der Waals surface area contributed by atoms with Crippen LogP contribution < -0.4 is 9.64 Å². The average molecular weight is 447 g/mol. The van der Waals surface area contributed by atoms with Crippen LogP contribution in [0, 0.1) is 0 Å². The van der Waals surface area contributed by atoms with Crippen molar-refractivity contribution in [2.75, 3.05) is 31.1 Å². The zero-order valence-corrected chi connectivity index (χ0v) is 17.8. The lowest BCUT2D eigenvalue weighted by Gasteiger charge is -2.36. The van der Waals surface area contributed by atoms with E-state index in [0.717, 1.165) is 5.82 Å². The SMILES string of the molecule is CC(Oc1ccc(Cl)cc1Cl)C(=O)N1CCN(c2ccc(-c3ccco3)nn2)CC1. The lowest BCUT2D eigenvalue weighted by Crippen LogP contribution is -2.52. The smallest absolute Gasteiger partial charge is 0.263 e. The highest BCUT2D eigenvalue weighted by Crippen LogP contribution is 2.28. The minimum Gasteiger partial charge on any atom is -0.479 e. The zero-order valence-electron chi connectivity index (χ0n) is 16.3. The number of furan rings is 1. The van der Waals surface area contributed by atoms with Gasteiger partial charge in [-0.3, -0.25) is 4.79 Å². The quantitative estimate of drug-likeness (QED) is 0.585. The predicted molar refractivity (Wildman–Crippen MR) is 115 cm³/mol. The van der Waals surface area contributed by atoms with Gasteiger partial charge in [-0.2, -0.15) is 0 Å². The summed E-state index contributed by atoms with van der Waals surface area (Å²) in [5.41, 5.74) is 0.685. The van der Waals surface area contributed by atoms with Crippen LogP contribution in [0.2, 0.25) is 10.0 Å². The standard InChI is InChI=1S/C21H20Cl2N4O3/c1-14(30-18-6-4-15(22)13-16(18)23)21(28)27-10-8-26(9-11-27)20-7-5-17(24-25-20)19-3-2-12-29-19/h2-7,12-14H,8-11H2,1H3. The third kappa shape index (κ3) is 4.52. The number of amides is 1. The minimum atomic E-state index is -0.650. The Morgan fingerprint density at radius 1 is 1.10 bits per heavy atom. The summed E-state index contributed by atoms with van der Waals surface area (Å²) in [5.74, 6) is 1.81. The minimum absolute atomic E-state index is 0.0834. The van der Waals surface area contributed by atoms with Crippen molar-refractivity contribution >= 4 is 34.9 Å².